The molecule has 0 aliphatic carbocycles. The molecular weight excluding hydrogens is 281 g/mol. The third kappa shape index (κ3) is 2.17. The fraction of sp³-hybridized carbons (Fsp3) is 0.300. The van der Waals surface area contributed by atoms with Gasteiger partial charge in [-0.2, -0.15) is 0 Å². The average molecular weight is 292 g/mol. The van der Waals surface area contributed by atoms with Gasteiger partial charge >= 0.3 is 0 Å². The maximum Gasteiger partial charge on any atom is 0.183 e. The summed E-state index contributed by atoms with van der Waals surface area (Å²) in [5, 5.41) is 0. The first-order chi connectivity index (χ1) is 7.56. The molecule has 0 atom stereocenters. The molecule has 0 spiro atoms. The number of carbonyl (C=O) groups excluding carboxylic acids is 1. The van der Waals surface area contributed by atoms with Crippen molar-refractivity contribution in [1.29, 1.82) is 0 Å². The van der Waals surface area contributed by atoms with Crippen LogP contribution in [0.15, 0.2) is 10.5 Å². The molecule has 16 heavy (non-hydrogen) atoms. The highest BCUT2D eigenvalue weighted by Crippen LogP contribution is 2.39. The van der Waals surface area contributed by atoms with Crippen molar-refractivity contribution in [3.05, 3.63) is 21.9 Å². The van der Waals surface area contributed by atoms with E-state index in [-0.39, 0.29) is 23.6 Å². The van der Waals surface area contributed by atoms with Crippen LogP contribution in [0.5, 0.6) is 11.5 Å². The van der Waals surface area contributed by atoms with Crippen molar-refractivity contribution in [1.82, 2.24) is 0 Å². The van der Waals surface area contributed by atoms with E-state index in [4.69, 9.17) is 15.2 Å². The monoisotopic (exact) mass is 291 g/mol. The van der Waals surface area contributed by atoms with Crippen LogP contribution in [0, 0.1) is 5.82 Å². The van der Waals surface area contributed by atoms with Gasteiger partial charge in [0.05, 0.1) is 25.2 Å². The number of halogens is 2. The number of carbonyl (C=O) groups is 1. The molecule has 0 saturated heterocycles. The van der Waals surface area contributed by atoms with Gasteiger partial charge in [-0.3, -0.25) is 4.79 Å². The molecule has 0 fully saturated rings. The third-order valence-electron chi connectivity index (χ3n) is 2.01. The Hall–Kier alpha value is -1.14. The highest BCUT2D eigenvalue weighted by Gasteiger charge is 2.23. The van der Waals surface area contributed by atoms with Crippen LogP contribution >= 0.6 is 15.9 Å². The van der Waals surface area contributed by atoms with E-state index in [9.17, 15) is 9.18 Å². The molecule has 0 amide bonds. The van der Waals surface area contributed by atoms with Crippen molar-refractivity contribution in [2.45, 2.75) is 0 Å². The molecule has 0 saturated carbocycles. The Morgan fingerprint density at radius 2 is 2.00 bits per heavy atom. The molecule has 6 heteroatoms. The molecule has 1 aromatic rings. The SMILES string of the molecule is COc1c(Br)cc(F)c(C(=O)CN)c1OC. The van der Waals surface area contributed by atoms with Gasteiger partial charge in [0.2, 0.25) is 0 Å². The van der Waals surface area contributed by atoms with Gasteiger partial charge in [-0.25, -0.2) is 4.39 Å². The van der Waals surface area contributed by atoms with Gasteiger partial charge in [0.15, 0.2) is 17.3 Å². The van der Waals surface area contributed by atoms with Crippen molar-refractivity contribution in [2.24, 2.45) is 5.73 Å². The predicted molar refractivity (Wildman–Crippen MR) is 60.6 cm³/mol. The lowest BCUT2D eigenvalue weighted by Crippen LogP contribution is -2.16. The van der Waals surface area contributed by atoms with Gasteiger partial charge < -0.3 is 15.2 Å². The molecule has 0 radical (unpaired) electrons. The number of rotatable bonds is 4. The van der Waals surface area contributed by atoms with Gasteiger partial charge in [-0.05, 0) is 22.0 Å². The molecule has 0 aromatic heterocycles. The summed E-state index contributed by atoms with van der Waals surface area (Å²) in [5.74, 6) is -0.925. The average Bonchev–Trinajstić information content (AvgIpc) is 2.27. The number of hydrogen-bond donors (Lipinski definition) is 1. The van der Waals surface area contributed by atoms with E-state index in [0.29, 0.717) is 4.47 Å². The minimum Gasteiger partial charge on any atom is -0.492 e. The lowest BCUT2D eigenvalue weighted by Gasteiger charge is -2.13. The highest BCUT2D eigenvalue weighted by atomic mass is 79.9. The third-order valence-corrected chi connectivity index (χ3v) is 2.60. The van der Waals surface area contributed by atoms with E-state index in [1.54, 1.807) is 0 Å². The maximum atomic E-state index is 13.6. The van der Waals surface area contributed by atoms with E-state index in [0.717, 1.165) is 6.07 Å². The number of nitrogens with two attached hydrogens (primary N) is 1. The summed E-state index contributed by atoms with van der Waals surface area (Å²) in [6, 6.07) is 1.14. The highest BCUT2D eigenvalue weighted by molar-refractivity contribution is 9.10. The largest absolute Gasteiger partial charge is 0.492 e. The molecule has 0 bridgehead atoms. The summed E-state index contributed by atoms with van der Waals surface area (Å²) in [4.78, 5) is 11.5. The molecule has 88 valence electrons. The van der Waals surface area contributed by atoms with Gasteiger partial charge in [0.1, 0.15) is 11.4 Å². The van der Waals surface area contributed by atoms with Crippen LogP contribution in [0.2, 0.25) is 0 Å². The molecule has 0 aliphatic heterocycles. The standard InChI is InChI=1S/C10H11BrFNO3/c1-15-9-5(11)3-6(12)8(7(14)4-13)10(9)16-2/h3H,4,13H2,1-2H3. The molecular formula is C10H11BrFNO3. The van der Waals surface area contributed by atoms with Crippen LogP contribution in [-0.4, -0.2) is 26.5 Å². The number of ether oxygens (including phenoxy) is 2. The van der Waals surface area contributed by atoms with E-state index in [1.807, 2.05) is 0 Å². The van der Waals surface area contributed by atoms with Crippen LogP contribution in [0.4, 0.5) is 4.39 Å². The summed E-state index contributed by atoms with van der Waals surface area (Å²) in [5.41, 5.74) is 5.01. The quantitative estimate of drug-likeness (QED) is 0.859. The summed E-state index contributed by atoms with van der Waals surface area (Å²) >= 11 is 3.12. The number of Topliss-reactive ketones (excluding diaryl/α,β-unsaturated/α-hetero) is 1. The van der Waals surface area contributed by atoms with Crippen molar-refractivity contribution >= 4 is 21.7 Å². The first-order valence-corrected chi connectivity index (χ1v) is 5.19. The normalized spacial score (nSPS) is 10.1. The first-order valence-electron chi connectivity index (χ1n) is 4.40. The first kappa shape index (κ1) is 12.9. The zero-order valence-electron chi connectivity index (χ0n) is 8.84. The number of methoxy groups -OCH3 is 2. The van der Waals surface area contributed by atoms with Gasteiger partial charge in [-0.15, -0.1) is 0 Å². The fourth-order valence-corrected chi connectivity index (χ4v) is 1.87. The Balaban J connectivity index is 3.52. The van der Waals surface area contributed by atoms with Gasteiger partial charge in [0.25, 0.3) is 0 Å². The zero-order valence-corrected chi connectivity index (χ0v) is 10.4. The number of ketones is 1. The molecule has 4 nitrogen and oxygen atoms in total. The van der Waals surface area contributed by atoms with E-state index >= 15 is 0 Å². The molecule has 2 N–H and O–H groups in total. The zero-order chi connectivity index (χ0) is 12.3. The Kier molecular flexibility index (Phi) is 4.26. The molecule has 1 rings (SSSR count). The Morgan fingerprint density at radius 3 is 2.44 bits per heavy atom. The van der Waals surface area contributed by atoms with E-state index in [2.05, 4.69) is 15.9 Å². The number of benzene rings is 1. The molecule has 0 heterocycles. The summed E-state index contributed by atoms with van der Waals surface area (Å²) in [6.45, 7) is -0.294. The van der Waals surface area contributed by atoms with Crippen molar-refractivity contribution < 1.29 is 18.7 Å². The second kappa shape index (κ2) is 5.27. The van der Waals surface area contributed by atoms with E-state index < -0.39 is 11.6 Å². The fourth-order valence-electron chi connectivity index (χ4n) is 1.33. The van der Waals surface area contributed by atoms with Crippen LogP contribution in [0.1, 0.15) is 10.4 Å². The molecule has 0 unspecified atom stereocenters. The molecule has 1 aromatic carbocycles. The van der Waals surface area contributed by atoms with Crippen molar-refractivity contribution in [3.8, 4) is 11.5 Å². The minimum absolute atomic E-state index is 0.0461. The summed E-state index contributed by atoms with van der Waals surface area (Å²) in [7, 11) is 2.73. The summed E-state index contributed by atoms with van der Waals surface area (Å²) < 4.78 is 24.0. The van der Waals surface area contributed by atoms with Crippen LogP contribution in [-0.2, 0) is 0 Å². The second-order valence-electron chi connectivity index (χ2n) is 2.91. The minimum atomic E-state index is -0.694. The second-order valence-corrected chi connectivity index (χ2v) is 3.76. The van der Waals surface area contributed by atoms with E-state index in [1.165, 1.54) is 14.2 Å². The maximum absolute atomic E-state index is 13.6. The smallest absolute Gasteiger partial charge is 0.183 e. The van der Waals surface area contributed by atoms with Crippen molar-refractivity contribution in [2.75, 3.05) is 20.8 Å². The Morgan fingerprint density at radius 1 is 1.44 bits per heavy atom. The Bertz CT molecular complexity index is 423. The lowest BCUT2D eigenvalue weighted by atomic mass is 10.1. The number of hydrogen-bond acceptors (Lipinski definition) is 4. The predicted octanol–water partition coefficient (Wildman–Crippen LogP) is 1.75. The Labute approximate surface area is 101 Å². The van der Waals surface area contributed by atoms with Crippen LogP contribution in [0.3, 0.4) is 0 Å². The van der Waals surface area contributed by atoms with Crippen molar-refractivity contribution in [3.63, 3.8) is 0 Å². The van der Waals surface area contributed by atoms with Gasteiger partial charge in [-0.1, -0.05) is 0 Å². The topological polar surface area (TPSA) is 61.5 Å². The van der Waals surface area contributed by atoms with Crippen LogP contribution in [0.25, 0.3) is 0 Å². The lowest BCUT2D eigenvalue weighted by molar-refractivity contribution is 0.0993. The summed E-state index contributed by atoms with van der Waals surface area (Å²) in [6.07, 6.45) is 0. The van der Waals surface area contributed by atoms with Crippen LogP contribution < -0.4 is 15.2 Å². The van der Waals surface area contributed by atoms with Gasteiger partial charge in [0, 0.05) is 0 Å². The molecule has 0 aliphatic rings.